The predicted molar refractivity (Wildman–Crippen MR) is 74.4 cm³/mol. The summed E-state index contributed by atoms with van der Waals surface area (Å²) in [7, 11) is 0. The Morgan fingerprint density at radius 3 is 2.50 bits per heavy atom. The van der Waals surface area contributed by atoms with Gasteiger partial charge in [-0.2, -0.15) is 13.2 Å². The molecule has 1 amide bonds. The van der Waals surface area contributed by atoms with E-state index in [4.69, 9.17) is 26.2 Å². The minimum absolute atomic E-state index is 0.0368. The first-order valence-corrected chi connectivity index (χ1v) is 6.94. The van der Waals surface area contributed by atoms with E-state index in [1.165, 1.54) is 6.07 Å². The molecule has 1 atom stereocenters. The summed E-state index contributed by atoms with van der Waals surface area (Å²) >= 11 is 5.78. The summed E-state index contributed by atoms with van der Waals surface area (Å²) in [5.41, 5.74) is -0.145. The maximum atomic E-state index is 14.1. The van der Waals surface area contributed by atoms with E-state index >= 15 is 0 Å². The molecule has 11 heteroatoms. The molecule has 2 heterocycles. The third kappa shape index (κ3) is 3.54. The Labute approximate surface area is 137 Å². The first-order chi connectivity index (χ1) is 11.1. The van der Waals surface area contributed by atoms with Crippen LogP contribution in [0.1, 0.15) is 12.0 Å². The third-order valence-electron chi connectivity index (χ3n) is 3.43. The lowest BCUT2D eigenvalue weighted by atomic mass is 9.89. The van der Waals surface area contributed by atoms with Crippen molar-refractivity contribution < 1.29 is 37.0 Å². The van der Waals surface area contributed by atoms with Crippen molar-refractivity contribution in [1.82, 2.24) is 5.32 Å². The number of hydrogen-bond acceptors (Lipinski definition) is 4. The second-order valence-corrected chi connectivity index (χ2v) is 5.43. The summed E-state index contributed by atoms with van der Waals surface area (Å²) in [4.78, 5) is 20.4. The normalized spacial score (nSPS) is 22.1. The summed E-state index contributed by atoms with van der Waals surface area (Å²) in [6, 6.07) is 3.03. The molecule has 0 aromatic heterocycles. The lowest BCUT2D eigenvalue weighted by molar-refractivity contribution is -0.192. The Morgan fingerprint density at radius 1 is 1.38 bits per heavy atom. The predicted octanol–water partition coefficient (Wildman–Crippen LogP) is 2.86. The van der Waals surface area contributed by atoms with Gasteiger partial charge in [-0.05, 0) is 18.7 Å². The average Bonchev–Trinajstić information content (AvgIpc) is 2.90. The van der Waals surface area contributed by atoms with Gasteiger partial charge in [0.2, 0.25) is 0 Å². The molecule has 1 spiro atoms. The summed E-state index contributed by atoms with van der Waals surface area (Å²) in [6.45, 7) is 1.09. The Hall–Kier alpha value is -2.07. The number of fused-ring (bicyclic) bond motifs is 2. The molecule has 0 radical (unpaired) electrons. The van der Waals surface area contributed by atoms with Crippen molar-refractivity contribution in [3.63, 3.8) is 0 Å². The van der Waals surface area contributed by atoms with Crippen molar-refractivity contribution in [1.29, 1.82) is 0 Å². The van der Waals surface area contributed by atoms with Crippen LogP contribution in [0.4, 0.5) is 28.0 Å². The van der Waals surface area contributed by atoms with E-state index in [1.54, 1.807) is 6.07 Å². The number of carboxylic acid groups (broad SMARTS) is 1. The molecule has 3 rings (SSSR count). The van der Waals surface area contributed by atoms with Crippen LogP contribution in [-0.2, 0) is 15.1 Å². The van der Waals surface area contributed by atoms with E-state index in [1.807, 2.05) is 0 Å². The number of nitrogens with one attached hydrogen (secondary N) is 2. The van der Waals surface area contributed by atoms with Gasteiger partial charge in [0.15, 0.2) is 11.4 Å². The molecule has 2 aliphatic rings. The van der Waals surface area contributed by atoms with Crippen LogP contribution in [0, 0.1) is 5.82 Å². The highest BCUT2D eigenvalue weighted by Crippen LogP contribution is 2.43. The first-order valence-electron chi connectivity index (χ1n) is 6.56. The second kappa shape index (κ2) is 6.44. The zero-order valence-electron chi connectivity index (χ0n) is 11.8. The highest BCUT2D eigenvalue weighted by Gasteiger charge is 2.46. The molecule has 24 heavy (non-hydrogen) atoms. The molecular formula is C13H11ClF4N2O4. The standard InChI is InChI=1S/C11H10ClFN2O2.C2HF3O2/c12-6-1-2-7-8(9(6)13)11(3-4-14-5-11)17-10(16)15-7;3-2(4,5)1(6)7/h1-2,14H,3-5H2,(H,15,16);(H,6,7)/t11-;/m1./s1. The van der Waals surface area contributed by atoms with Gasteiger partial charge < -0.3 is 15.2 Å². The van der Waals surface area contributed by atoms with Crippen LogP contribution >= 0.6 is 11.6 Å². The molecule has 2 aliphatic heterocycles. The Bertz CT molecular complexity index is 675. The summed E-state index contributed by atoms with van der Waals surface area (Å²) < 4.78 is 51.1. The van der Waals surface area contributed by atoms with Crippen LogP contribution in [0.3, 0.4) is 0 Å². The molecule has 132 valence electrons. The smallest absolute Gasteiger partial charge is 0.475 e. The summed E-state index contributed by atoms with van der Waals surface area (Å²) in [5.74, 6) is -3.28. The molecule has 1 aromatic carbocycles. The van der Waals surface area contributed by atoms with E-state index in [0.29, 0.717) is 30.8 Å². The van der Waals surface area contributed by atoms with Crippen molar-refractivity contribution in [2.75, 3.05) is 18.4 Å². The molecule has 1 aromatic rings. The fourth-order valence-corrected chi connectivity index (χ4v) is 2.59. The van der Waals surface area contributed by atoms with Gasteiger partial charge in [-0.1, -0.05) is 11.6 Å². The number of alkyl halides is 3. The van der Waals surface area contributed by atoms with E-state index in [-0.39, 0.29) is 5.02 Å². The Kier molecular flexibility index (Phi) is 4.90. The van der Waals surface area contributed by atoms with Gasteiger partial charge in [-0.3, -0.25) is 5.32 Å². The van der Waals surface area contributed by atoms with Crippen LogP contribution in [-0.4, -0.2) is 36.4 Å². The average molecular weight is 371 g/mol. The van der Waals surface area contributed by atoms with Crippen LogP contribution in [0.25, 0.3) is 0 Å². The highest BCUT2D eigenvalue weighted by molar-refractivity contribution is 6.31. The van der Waals surface area contributed by atoms with Gasteiger partial charge in [0.1, 0.15) is 0 Å². The molecule has 6 nitrogen and oxygen atoms in total. The summed E-state index contributed by atoms with van der Waals surface area (Å²) in [5, 5.41) is 12.7. The number of benzene rings is 1. The van der Waals surface area contributed by atoms with Gasteiger partial charge in [0, 0.05) is 13.0 Å². The van der Waals surface area contributed by atoms with E-state index in [2.05, 4.69) is 10.6 Å². The highest BCUT2D eigenvalue weighted by atomic mass is 35.5. The number of carbonyl (C=O) groups excluding carboxylic acids is 1. The van der Waals surface area contributed by atoms with E-state index in [9.17, 15) is 22.4 Å². The number of halogens is 5. The number of carboxylic acids is 1. The monoisotopic (exact) mass is 370 g/mol. The number of anilines is 1. The quantitative estimate of drug-likeness (QED) is 0.611. The van der Waals surface area contributed by atoms with Crippen LogP contribution < -0.4 is 10.6 Å². The van der Waals surface area contributed by atoms with Crippen molar-refractivity contribution in [3.8, 4) is 0 Å². The third-order valence-corrected chi connectivity index (χ3v) is 3.73. The minimum atomic E-state index is -5.08. The van der Waals surface area contributed by atoms with Crippen LogP contribution in [0.15, 0.2) is 12.1 Å². The minimum Gasteiger partial charge on any atom is -0.475 e. The number of hydrogen-bond donors (Lipinski definition) is 3. The fraction of sp³-hybridized carbons (Fsp3) is 0.385. The fourth-order valence-electron chi connectivity index (χ4n) is 2.43. The molecule has 3 N–H and O–H groups in total. The van der Waals surface area contributed by atoms with Gasteiger partial charge in [0.25, 0.3) is 0 Å². The number of ether oxygens (including phenoxy) is 1. The maximum Gasteiger partial charge on any atom is 0.490 e. The zero-order valence-corrected chi connectivity index (χ0v) is 12.6. The number of aliphatic carboxylic acids is 1. The lowest BCUT2D eigenvalue weighted by Crippen LogP contribution is -2.42. The van der Waals surface area contributed by atoms with Crippen molar-refractivity contribution >= 4 is 29.4 Å². The van der Waals surface area contributed by atoms with Gasteiger partial charge in [0.05, 0.1) is 16.3 Å². The van der Waals surface area contributed by atoms with Gasteiger partial charge in [-0.15, -0.1) is 0 Å². The van der Waals surface area contributed by atoms with Gasteiger partial charge >= 0.3 is 18.2 Å². The van der Waals surface area contributed by atoms with Crippen molar-refractivity contribution in [3.05, 3.63) is 28.5 Å². The first kappa shape index (κ1) is 18.3. The lowest BCUT2D eigenvalue weighted by Gasteiger charge is -2.35. The SMILES string of the molecule is O=C(O)C(F)(F)F.O=C1Nc2ccc(Cl)c(F)c2[C@]2(CCNC2)O1. The maximum absolute atomic E-state index is 14.1. The molecule has 0 saturated carbocycles. The Balaban J connectivity index is 0.000000256. The second-order valence-electron chi connectivity index (χ2n) is 5.02. The molecule has 0 bridgehead atoms. The van der Waals surface area contributed by atoms with Crippen molar-refractivity contribution in [2.45, 2.75) is 18.2 Å². The molecular weight excluding hydrogens is 360 g/mol. The number of carbonyl (C=O) groups is 2. The van der Waals surface area contributed by atoms with Gasteiger partial charge in [-0.25, -0.2) is 14.0 Å². The van der Waals surface area contributed by atoms with E-state index in [0.717, 1.165) is 0 Å². The molecule has 0 aliphatic carbocycles. The molecule has 0 unspecified atom stereocenters. The van der Waals surface area contributed by atoms with E-state index < -0.39 is 29.7 Å². The molecule has 1 saturated heterocycles. The van der Waals surface area contributed by atoms with Crippen LogP contribution in [0.5, 0.6) is 0 Å². The number of rotatable bonds is 0. The molecule has 1 fully saturated rings. The Morgan fingerprint density at radius 2 is 2.00 bits per heavy atom. The largest absolute Gasteiger partial charge is 0.490 e. The van der Waals surface area contributed by atoms with Crippen molar-refractivity contribution in [2.24, 2.45) is 0 Å². The zero-order chi connectivity index (χ0) is 18.1. The van der Waals surface area contributed by atoms with Crippen LogP contribution in [0.2, 0.25) is 5.02 Å². The summed E-state index contributed by atoms with van der Waals surface area (Å²) in [6.07, 6.45) is -5.09. The topological polar surface area (TPSA) is 87.7 Å². The number of amides is 1.